The summed E-state index contributed by atoms with van der Waals surface area (Å²) in [5.41, 5.74) is 0.834. The van der Waals surface area contributed by atoms with Gasteiger partial charge < -0.3 is 43.2 Å². The van der Waals surface area contributed by atoms with Crippen LogP contribution < -0.4 is 0 Å². The molecule has 2 fully saturated rings. The zero-order valence-electron chi connectivity index (χ0n) is 47.2. The second kappa shape index (κ2) is 27.8. The molecule has 76 heavy (non-hydrogen) atoms. The number of ether oxygens (including phenoxy) is 7. The van der Waals surface area contributed by atoms with Crippen molar-refractivity contribution in [1.29, 1.82) is 0 Å². The van der Waals surface area contributed by atoms with Crippen LogP contribution in [0, 0.1) is 23.5 Å². The van der Waals surface area contributed by atoms with Crippen LogP contribution >= 0.6 is 0 Å². The van der Waals surface area contributed by atoms with Crippen LogP contribution in [0.5, 0.6) is 0 Å². The number of carboxylic acids is 1. The van der Waals surface area contributed by atoms with Crippen LogP contribution in [0.2, 0.25) is 0 Å². The van der Waals surface area contributed by atoms with Crippen LogP contribution in [0.15, 0.2) is 78.9 Å². The van der Waals surface area contributed by atoms with Gasteiger partial charge in [0.1, 0.15) is 41.5 Å². The molecule has 6 atom stereocenters. The minimum Gasteiger partial charge on any atom is -0.480 e. The number of halogens is 2. The van der Waals surface area contributed by atoms with Crippen molar-refractivity contribution in [3.63, 3.8) is 0 Å². The number of carbonyl (C=O) groups is 5. The molecule has 0 spiro atoms. The van der Waals surface area contributed by atoms with E-state index >= 15 is 0 Å². The summed E-state index contributed by atoms with van der Waals surface area (Å²) in [5.74, 6) is -5.63. The van der Waals surface area contributed by atoms with E-state index < -0.39 is 58.7 Å². The van der Waals surface area contributed by atoms with Crippen LogP contribution in [0.4, 0.5) is 8.78 Å². The van der Waals surface area contributed by atoms with Crippen LogP contribution in [0.25, 0.3) is 0 Å². The molecule has 17 heteroatoms. The molecule has 1 amide bonds. The van der Waals surface area contributed by atoms with Gasteiger partial charge in [0.05, 0.1) is 37.3 Å². The Morgan fingerprint density at radius 2 is 1.05 bits per heavy atom. The number of carboxylic acid groups (broad SMARTS) is 1. The normalized spacial score (nSPS) is 20.2. The number of aliphatic carboxylic acids is 1. The Morgan fingerprint density at radius 3 is 1.49 bits per heavy atom. The predicted molar refractivity (Wildman–Crippen MR) is 282 cm³/mol. The second-order valence-electron chi connectivity index (χ2n) is 23.3. The summed E-state index contributed by atoms with van der Waals surface area (Å²) >= 11 is 0. The smallest absolute Gasteiger partial charge is 0.326 e. The molecule has 0 bridgehead atoms. The van der Waals surface area contributed by atoms with E-state index in [0.29, 0.717) is 38.8 Å². The minimum atomic E-state index is -1.12. The molecular weight excluding hydrogens is 983 g/mol. The number of hydrogen-bond donors (Lipinski definition) is 1. The van der Waals surface area contributed by atoms with Crippen molar-refractivity contribution in [2.75, 3.05) is 13.1 Å². The Labute approximate surface area is 449 Å². The van der Waals surface area contributed by atoms with Crippen LogP contribution in [0.3, 0.4) is 0 Å². The SMILES string of the molecule is CC(C)C(C(=O)O)N(CC[C@@H]1C[C@H](CC(=O)OC(C)(C)C)OC(C)(C)O1)C(=O)c1ccc(F)cc1.CC(C)C(C(=O)OCc1ccccc1)N(CC[C@@H]1C[C@H](CC(=O)OC(C)(C)C)OC(C)(C)O1)Cc1ccc(F)cc1. The van der Waals surface area contributed by atoms with E-state index in [0.717, 1.165) is 11.1 Å². The Hall–Kier alpha value is -5.33. The number of rotatable bonds is 21. The van der Waals surface area contributed by atoms with Gasteiger partial charge in [-0.2, -0.15) is 0 Å². The molecule has 2 aliphatic rings. The minimum absolute atomic E-state index is 0.0364. The number of nitrogens with zero attached hydrogens (tertiary/aromatic N) is 2. The lowest BCUT2D eigenvalue weighted by Crippen LogP contribution is -2.51. The molecule has 422 valence electrons. The summed E-state index contributed by atoms with van der Waals surface area (Å²) in [7, 11) is 0. The summed E-state index contributed by atoms with van der Waals surface area (Å²) in [6.07, 6.45) is 0.684. The molecule has 2 unspecified atom stereocenters. The van der Waals surface area contributed by atoms with Crippen molar-refractivity contribution in [2.45, 2.75) is 208 Å². The van der Waals surface area contributed by atoms with Gasteiger partial charge in [-0.05, 0) is 141 Å². The molecule has 3 aromatic rings. The average molecular weight is 1070 g/mol. The van der Waals surface area contributed by atoms with Crippen molar-refractivity contribution < 1.29 is 71.0 Å². The maximum absolute atomic E-state index is 13.6. The quantitative estimate of drug-likeness (QED) is 0.0787. The first-order valence-corrected chi connectivity index (χ1v) is 26.4. The summed E-state index contributed by atoms with van der Waals surface area (Å²) < 4.78 is 67.9. The van der Waals surface area contributed by atoms with Gasteiger partial charge in [0.2, 0.25) is 0 Å². The van der Waals surface area contributed by atoms with Gasteiger partial charge in [-0.25, -0.2) is 13.6 Å². The molecule has 0 radical (unpaired) electrons. The first-order valence-electron chi connectivity index (χ1n) is 26.4. The van der Waals surface area contributed by atoms with Gasteiger partial charge in [0.25, 0.3) is 5.91 Å². The fraction of sp³-hybridized carbons (Fsp3) is 0.610. The summed E-state index contributed by atoms with van der Waals surface area (Å²) in [5, 5.41) is 9.85. The van der Waals surface area contributed by atoms with Crippen molar-refractivity contribution >= 4 is 29.8 Å². The standard InChI is InChI=1S/C33H46FNO6.C26H38FNO7/c1-23(2)30(31(37)38-22-25-11-9-8-10-12-25)35(21-24-13-15-26(34)16-14-24)18-17-27-19-28(40-33(6,7)39-27)20-29(36)41-32(3,4)5;1-16(2)22(24(31)32)28(23(30)17-8-10-18(27)11-9-17)13-12-19-14-20(34-26(6,7)33-19)15-21(29)35-25(3,4)5/h8-16,23,27-28,30H,17-22H2,1-7H3;8-11,16,19-20,22H,12-15H2,1-7H3,(H,31,32)/t27-,28-,30?;19-,20-,22?/m11/s1. The highest BCUT2D eigenvalue weighted by molar-refractivity contribution is 5.96. The average Bonchev–Trinajstić information content (AvgIpc) is 3.27. The van der Waals surface area contributed by atoms with Gasteiger partial charge in [-0.1, -0.05) is 70.2 Å². The van der Waals surface area contributed by atoms with Crippen LogP contribution in [0.1, 0.15) is 157 Å². The molecule has 15 nitrogen and oxygen atoms in total. The number of carbonyl (C=O) groups excluding carboxylic acids is 4. The van der Waals surface area contributed by atoms with E-state index in [1.807, 2.05) is 78.8 Å². The van der Waals surface area contributed by atoms with Gasteiger partial charge in [-0.15, -0.1) is 0 Å². The monoisotopic (exact) mass is 1070 g/mol. The van der Waals surface area contributed by atoms with E-state index in [4.69, 9.17) is 33.2 Å². The molecule has 0 aromatic heterocycles. The van der Waals surface area contributed by atoms with Crippen LogP contribution in [-0.2, 0) is 65.5 Å². The zero-order chi connectivity index (χ0) is 56.8. The molecular formula is C59H84F2N2O13. The summed E-state index contributed by atoms with van der Waals surface area (Å²) in [6.45, 7) is 26.8. The summed E-state index contributed by atoms with van der Waals surface area (Å²) in [4.78, 5) is 67.0. The topological polar surface area (TPSA) is 177 Å². The van der Waals surface area contributed by atoms with E-state index in [-0.39, 0.29) is 85.4 Å². The largest absolute Gasteiger partial charge is 0.480 e. The Balaban J connectivity index is 0.000000333. The predicted octanol–water partition coefficient (Wildman–Crippen LogP) is 10.8. The molecule has 5 rings (SSSR count). The highest BCUT2D eigenvalue weighted by Gasteiger charge is 2.41. The van der Waals surface area contributed by atoms with Crippen molar-refractivity contribution in [2.24, 2.45) is 11.8 Å². The lowest BCUT2D eigenvalue weighted by molar-refractivity contribution is -0.301. The van der Waals surface area contributed by atoms with Crippen molar-refractivity contribution in [1.82, 2.24) is 9.80 Å². The van der Waals surface area contributed by atoms with E-state index in [9.17, 15) is 37.9 Å². The van der Waals surface area contributed by atoms with Crippen molar-refractivity contribution in [3.8, 4) is 0 Å². The second-order valence-corrected chi connectivity index (χ2v) is 23.3. The molecule has 3 aromatic carbocycles. The van der Waals surface area contributed by atoms with Crippen molar-refractivity contribution in [3.05, 3.63) is 107 Å². The van der Waals surface area contributed by atoms with E-state index in [1.165, 1.54) is 41.3 Å². The zero-order valence-corrected chi connectivity index (χ0v) is 47.2. The van der Waals surface area contributed by atoms with Gasteiger partial charge >= 0.3 is 23.9 Å². The molecule has 1 N–H and O–H groups in total. The van der Waals surface area contributed by atoms with E-state index in [1.54, 1.807) is 60.6 Å². The van der Waals surface area contributed by atoms with Crippen LogP contribution in [-0.4, -0.2) is 117 Å². The van der Waals surface area contributed by atoms with E-state index in [2.05, 4.69) is 4.90 Å². The first-order chi connectivity index (χ1) is 35.3. The molecule has 2 aliphatic heterocycles. The van der Waals surface area contributed by atoms with Gasteiger partial charge in [0.15, 0.2) is 11.6 Å². The number of hydrogen-bond acceptors (Lipinski definition) is 13. The Kier molecular flexibility index (Phi) is 23.1. The first kappa shape index (κ1) is 63.2. The third-order valence-electron chi connectivity index (χ3n) is 12.3. The maximum atomic E-state index is 13.6. The third kappa shape index (κ3) is 22.0. The lowest BCUT2D eigenvalue weighted by Gasteiger charge is -2.42. The number of amides is 1. The fourth-order valence-corrected chi connectivity index (χ4v) is 9.48. The van der Waals surface area contributed by atoms with Gasteiger partial charge in [0, 0.05) is 38.0 Å². The Morgan fingerprint density at radius 1 is 0.618 bits per heavy atom. The molecule has 2 saturated heterocycles. The third-order valence-corrected chi connectivity index (χ3v) is 12.3. The number of esters is 3. The molecule has 0 saturated carbocycles. The highest BCUT2D eigenvalue weighted by Crippen LogP contribution is 2.33. The highest BCUT2D eigenvalue weighted by atomic mass is 19.1. The molecule has 2 heterocycles. The lowest BCUT2D eigenvalue weighted by atomic mass is 9.99. The summed E-state index contributed by atoms with van der Waals surface area (Å²) in [6, 6.07) is 19.3. The molecule has 0 aliphatic carbocycles. The fourth-order valence-electron chi connectivity index (χ4n) is 9.48. The van der Waals surface area contributed by atoms with Gasteiger partial charge in [-0.3, -0.25) is 24.1 Å². The Bertz CT molecular complexity index is 2330. The number of benzene rings is 3. The maximum Gasteiger partial charge on any atom is 0.326 e.